The Morgan fingerprint density at radius 2 is 2.14 bits per heavy atom. The Morgan fingerprint density at radius 1 is 1.45 bits per heavy atom. The van der Waals surface area contributed by atoms with Crippen LogP contribution in [-0.2, 0) is 7.05 Å². The van der Waals surface area contributed by atoms with Gasteiger partial charge in [0.15, 0.2) is 5.82 Å². The summed E-state index contributed by atoms with van der Waals surface area (Å²) in [7, 11) is 1.85. The number of aliphatic hydroxyl groups excluding tert-OH is 1. The number of carbonyl (C=O) groups excluding carboxylic acids is 1. The van der Waals surface area contributed by atoms with Crippen molar-refractivity contribution >= 4 is 6.03 Å². The lowest BCUT2D eigenvalue weighted by Gasteiger charge is -2.35. The van der Waals surface area contributed by atoms with Gasteiger partial charge in [-0.05, 0) is 26.7 Å². The van der Waals surface area contributed by atoms with Gasteiger partial charge >= 0.3 is 6.03 Å². The van der Waals surface area contributed by atoms with Crippen molar-refractivity contribution in [2.75, 3.05) is 6.54 Å². The van der Waals surface area contributed by atoms with Crippen LogP contribution in [0.3, 0.4) is 0 Å². The second-order valence-corrected chi connectivity index (χ2v) is 6.26. The molecule has 2 atom stereocenters. The number of rotatable bonds is 5. The molecule has 7 nitrogen and oxygen atoms in total. The summed E-state index contributed by atoms with van der Waals surface area (Å²) in [5.41, 5.74) is 0. The summed E-state index contributed by atoms with van der Waals surface area (Å²) >= 11 is 0. The van der Waals surface area contributed by atoms with E-state index in [-0.39, 0.29) is 18.1 Å². The Morgan fingerprint density at radius 3 is 2.68 bits per heavy atom. The van der Waals surface area contributed by atoms with Crippen LogP contribution in [0.4, 0.5) is 4.79 Å². The van der Waals surface area contributed by atoms with E-state index in [0.29, 0.717) is 12.4 Å². The van der Waals surface area contributed by atoms with E-state index >= 15 is 0 Å². The number of hydrogen-bond donors (Lipinski definition) is 2. The van der Waals surface area contributed by atoms with Crippen molar-refractivity contribution in [2.24, 2.45) is 7.05 Å². The predicted molar refractivity (Wildman–Crippen MR) is 83.2 cm³/mol. The molecule has 1 aliphatic rings. The van der Waals surface area contributed by atoms with E-state index in [1.54, 1.807) is 22.7 Å². The Hall–Kier alpha value is -1.63. The number of nitrogens with zero attached hydrogens (tertiary/aromatic N) is 4. The minimum atomic E-state index is -0.530. The number of carbonyl (C=O) groups is 1. The molecule has 2 amide bonds. The quantitative estimate of drug-likeness (QED) is 0.865. The molecule has 1 heterocycles. The smallest absolute Gasteiger partial charge is 0.318 e. The minimum Gasteiger partial charge on any atom is -0.392 e. The molecule has 1 fully saturated rings. The van der Waals surface area contributed by atoms with Crippen LogP contribution in [0.1, 0.15) is 57.8 Å². The molecule has 1 aromatic heterocycles. The number of amides is 2. The zero-order valence-corrected chi connectivity index (χ0v) is 13.7. The molecule has 0 aliphatic heterocycles. The maximum Gasteiger partial charge on any atom is 0.318 e. The molecule has 124 valence electrons. The maximum atomic E-state index is 12.6. The van der Waals surface area contributed by atoms with Crippen molar-refractivity contribution in [3.8, 4) is 0 Å². The van der Waals surface area contributed by atoms with Gasteiger partial charge in [-0.15, -0.1) is 10.2 Å². The van der Waals surface area contributed by atoms with E-state index in [1.807, 2.05) is 14.0 Å². The van der Waals surface area contributed by atoms with Gasteiger partial charge in [0.2, 0.25) is 0 Å². The van der Waals surface area contributed by atoms with Crippen LogP contribution < -0.4 is 5.32 Å². The molecule has 0 spiro atoms. The molecule has 1 aliphatic carbocycles. The third kappa shape index (κ3) is 4.19. The van der Waals surface area contributed by atoms with Crippen LogP contribution in [0, 0.1) is 0 Å². The average molecular weight is 309 g/mol. The fraction of sp³-hybridized carbons (Fsp3) is 0.800. The van der Waals surface area contributed by atoms with Gasteiger partial charge in [0.25, 0.3) is 0 Å². The molecule has 2 rings (SSSR count). The summed E-state index contributed by atoms with van der Waals surface area (Å²) in [4.78, 5) is 14.4. The van der Waals surface area contributed by atoms with Crippen LogP contribution in [-0.4, -0.2) is 49.5 Å². The Balaban J connectivity index is 2.03. The molecular weight excluding hydrogens is 282 g/mol. The van der Waals surface area contributed by atoms with Gasteiger partial charge in [-0.25, -0.2) is 4.79 Å². The van der Waals surface area contributed by atoms with E-state index in [1.165, 1.54) is 6.42 Å². The van der Waals surface area contributed by atoms with Gasteiger partial charge in [0, 0.05) is 19.6 Å². The molecular formula is C15H27N5O2. The van der Waals surface area contributed by atoms with Gasteiger partial charge in [-0.3, -0.25) is 0 Å². The highest BCUT2D eigenvalue weighted by atomic mass is 16.3. The van der Waals surface area contributed by atoms with Crippen molar-refractivity contribution in [3.63, 3.8) is 0 Å². The zero-order chi connectivity index (χ0) is 16.1. The highest BCUT2D eigenvalue weighted by Crippen LogP contribution is 2.23. The molecule has 0 unspecified atom stereocenters. The number of nitrogens with one attached hydrogen (secondary N) is 1. The van der Waals surface area contributed by atoms with Crippen molar-refractivity contribution in [1.29, 1.82) is 0 Å². The second-order valence-electron chi connectivity index (χ2n) is 6.26. The lowest BCUT2D eigenvalue weighted by molar-refractivity contribution is 0.0978. The van der Waals surface area contributed by atoms with Gasteiger partial charge in [0.05, 0.1) is 12.1 Å². The third-order valence-corrected chi connectivity index (χ3v) is 4.21. The van der Waals surface area contributed by atoms with Crippen molar-refractivity contribution < 1.29 is 9.90 Å². The number of aromatic nitrogens is 3. The molecule has 0 radical (unpaired) electrons. The number of urea groups is 1. The third-order valence-electron chi connectivity index (χ3n) is 4.21. The Bertz CT molecular complexity index is 482. The van der Waals surface area contributed by atoms with E-state index in [2.05, 4.69) is 15.5 Å². The molecule has 1 aromatic rings. The lowest BCUT2D eigenvalue weighted by Crippen LogP contribution is -2.50. The summed E-state index contributed by atoms with van der Waals surface area (Å²) in [5.74, 6) is 0.717. The fourth-order valence-electron chi connectivity index (χ4n) is 3.09. The van der Waals surface area contributed by atoms with Crippen LogP contribution in [0.2, 0.25) is 0 Å². The SMILES string of the molecule is C[C@H](O)CN(C(=O)N[C@H](C)c1nncn1C)C1CCCCC1. The molecule has 22 heavy (non-hydrogen) atoms. The van der Waals surface area contributed by atoms with Crippen LogP contribution in [0.25, 0.3) is 0 Å². The first-order valence-electron chi connectivity index (χ1n) is 8.08. The van der Waals surface area contributed by atoms with Crippen molar-refractivity contribution in [1.82, 2.24) is 25.0 Å². The first kappa shape index (κ1) is 16.7. The Kier molecular flexibility index (Phi) is 5.76. The highest BCUT2D eigenvalue weighted by molar-refractivity contribution is 5.75. The summed E-state index contributed by atoms with van der Waals surface area (Å²) < 4.78 is 1.80. The normalized spacial score (nSPS) is 18.7. The minimum absolute atomic E-state index is 0.136. The molecule has 7 heteroatoms. The van der Waals surface area contributed by atoms with Crippen LogP contribution in [0.5, 0.6) is 0 Å². The monoisotopic (exact) mass is 309 g/mol. The number of hydrogen-bond acceptors (Lipinski definition) is 4. The molecule has 0 bridgehead atoms. The average Bonchev–Trinajstić information content (AvgIpc) is 2.91. The lowest BCUT2D eigenvalue weighted by atomic mass is 9.94. The summed E-state index contributed by atoms with van der Waals surface area (Å²) in [5, 5.41) is 20.6. The largest absolute Gasteiger partial charge is 0.392 e. The Labute approximate surface area is 131 Å². The second kappa shape index (κ2) is 7.58. The molecule has 2 N–H and O–H groups in total. The van der Waals surface area contributed by atoms with Crippen molar-refractivity contribution in [2.45, 2.75) is 64.1 Å². The fourth-order valence-corrected chi connectivity index (χ4v) is 3.09. The molecule has 1 saturated carbocycles. The van der Waals surface area contributed by atoms with E-state index in [0.717, 1.165) is 25.7 Å². The van der Waals surface area contributed by atoms with E-state index < -0.39 is 6.10 Å². The number of aliphatic hydroxyl groups is 1. The first-order valence-corrected chi connectivity index (χ1v) is 8.08. The topological polar surface area (TPSA) is 83.3 Å². The van der Waals surface area contributed by atoms with Gasteiger partial charge in [-0.2, -0.15) is 0 Å². The van der Waals surface area contributed by atoms with Gasteiger partial charge < -0.3 is 19.9 Å². The van der Waals surface area contributed by atoms with Crippen LogP contribution in [0.15, 0.2) is 6.33 Å². The maximum absolute atomic E-state index is 12.6. The summed E-state index contributed by atoms with van der Waals surface area (Å²) in [6, 6.07) is -0.140. The van der Waals surface area contributed by atoms with E-state index in [4.69, 9.17) is 0 Å². The standard InChI is InChI=1S/C15H27N5O2/c1-11(21)9-20(13-7-5-4-6-8-13)15(22)17-12(2)14-18-16-10-19(14)3/h10-13,21H,4-9H2,1-3H3,(H,17,22)/t11-,12+/m0/s1. The van der Waals surface area contributed by atoms with Gasteiger partial charge in [0.1, 0.15) is 6.33 Å². The zero-order valence-electron chi connectivity index (χ0n) is 13.7. The van der Waals surface area contributed by atoms with Crippen molar-refractivity contribution in [3.05, 3.63) is 12.2 Å². The van der Waals surface area contributed by atoms with Gasteiger partial charge in [-0.1, -0.05) is 19.3 Å². The summed E-state index contributed by atoms with van der Waals surface area (Å²) in [6.07, 6.45) is 6.64. The molecule has 0 aromatic carbocycles. The van der Waals surface area contributed by atoms with E-state index in [9.17, 15) is 9.90 Å². The summed E-state index contributed by atoms with van der Waals surface area (Å²) in [6.45, 7) is 3.97. The number of aryl methyl sites for hydroxylation is 1. The highest BCUT2D eigenvalue weighted by Gasteiger charge is 2.27. The van der Waals surface area contributed by atoms with Crippen LogP contribution >= 0.6 is 0 Å². The predicted octanol–water partition coefficient (Wildman–Crippen LogP) is 1.60. The molecule has 0 saturated heterocycles. The first-order chi connectivity index (χ1) is 10.5.